The minimum absolute atomic E-state index is 0.346. The van der Waals surface area contributed by atoms with Gasteiger partial charge in [0.2, 0.25) is 0 Å². The highest BCUT2D eigenvalue weighted by atomic mass is 15.1. The predicted molar refractivity (Wildman–Crippen MR) is 187 cm³/mol. The molecule has 4 heteroatoms. The number of aromatic nitrogens is 2. The number of para-hydroxylation sites is 2. The SMILES string of the molecule is N#Cc1cc(-n2c3ccccc3c3ccccc32)c(-n2c3ccc(-c4ccccc4)cc3c3c4ccccc4ccc32)cc1C#N. The van der Waals surface area contributed by atoms with Gasteiger partial charge in [-0.1, -0.05) is 103 Å². The van der Waals surface area contributed by atoms with Crippen molar-refractivity contribution < 1.29 is 0 Å². The third kappa shape index (κ3) is 3.65. The second-order valence-electron chi connectivity index (χ2n) is 11.6. The van der Waals surface area contributed by atoms with Gasteiger partial charge in [0, 0.05) is 21.5 Å². The molecule has 212 valence electrons. The number of hydrogen-bond donors (Lipinski definition) is 0. The zero-order chi connectivity index (χ0) is 30.8. The average Bonchev–Trinajstić information content (AvgIpc) is 3.64. The van der Waals surface area contributed by atoms with Gasteiger partial charge in [0.05, 0.1) is 44.6 Å². The maximum absolute atomic E-state index is 10.2. The fourth-order valence-electron chi connectivity index (χ4n) is 7.16. The summed E-state index contributed by atoms with van der Waals surface area (Å²) in [7, 11) is 0. The quantitative estimate of drug-likeness (QED) is 0.207. The zero-order valence-corrected chi connectivity index (χ0v) is 24.6. The van der Waals surface area contributed by atoms with Crippen LogP contribution in [0.25, 0.3) is 76.9 Å². The van der Waals surface area contributed by atoms with E-state index in [1.165, 1.54) is 10.8 Å². The highest BCUT2D eigenvalue weighted by Crippen LogP contribution is 2.42. The maximum Gasteiger partial charge on any atom is 0.101 e. The Morgan fingerprint density at radius 1 is 0.391 bits per heavy atom. The Morgan fingerprint density at radius 2 is 0.913 bits per heavy atom. The molecular formula is C42H24N4. The monoisotopic (exact) mass is 584 g/mol. The summed E-state index contributed by atoms with van der Waals surface area (Å²) in [6, 6.07) is 55.0. The first-order valence-electron chi connectivity index (χ1n) is 15.2. The third-order valence-electron chi connectivity index (χ3n) is 9.18. The topological polar surface area (TPSA) is 57.4 Å². The van der Waals surface area contributed by atoms with Crippen molar-refractivity contribution in [2.75, 3.05) is 0 Å². The van der Waals surface area contributed by atoms with Gasteiger partial charge in [-0.05, 0) is 64.4 Å². The standard InChI is InChI=1S/C42H24N4/c43-25-30-23-40(45-36-16-8-6-14-33(36)34-15-7-9-17-37(34)45)41(24-31(30)26-44)46-38-20-19-29(27-10-2-1-3-11-27)22-35(38)42-32-13-5-4-12-28(32)18-21-39(42)46/h1-24H. The van der Waals surface area contributed by atoms with Crippen LogP contribution in [0.5, 0.6) is 0 Å². The van der Waals surface area contributed by atoms with Gasteiger partial charge in [-0.2, -0.15) is 10.5 Å². The summed E-state index contributed by atoms with van der Waals surface area (Å²) in [5.41, 5.74) is 8.81. The van der Waals surface area contributed by atoms with Crippen molar-refractivity contribution in [3.63, 3.8) is 0 Å². The minimum Gasteiger partial charge on any atom is -0.307 e. The van der Waals surface area contributed by atoms with Gasteiger partial charge in [0.1, 0.15) is 12.1 Å². The van der Waals surface area contributed by atoms with E-state index in [4.69, 9.17) is 0 Å². The van der Waals surface area contributed by atoms with Crippen molar-refractivity contribution in [3.8, 4) is 34.6 Å². The molecule has 4 nitrogen and oxygen atoms in total. The van der Waals surface area contributed by atoms with Gasteiger partial charge in [0.15, 0.2) is 0 Å². The van der Waals surface area contributed by atoms with E-state index in [2.05, 4.69) is 137 Å². The Morgan fingerprint density at radius 3 is 1.57 bits per heavy atom. The van der Waals surface area contributed by atoms with Gasteiger partial charge in [-0.15, -0.1) is 0 Å². The van der Waals surface area contributed by atoms with Crippen LogP contribution >= 0.6 is 0 Å². The van der Waals surface area contributed by atoms with Crippen LogP contribution < -0.4 is 0 Å². The second-order valence-corrected chi connectivity index (χ2v) is 11.6. The fraction of sp³-hybridized carbons (Fsp3) is 0. The molecule has 9 rings (SSSR count). The molecule has 0 fully saturated rings. The number of nitriles is 2. The van der Waals surface area contributed by atoms with Crippen LogP contribution in [-0.4, -0.2) is 9.13 Å². The summed E-state index contributed by atoms with van der Waals surface area (Å²) in [6.45, 7) is 0. The summed E-state index contributed by atoms with van der Waals surface area (Å²) in [5.74, 6) is 0. The predicted octanol–water partition coefficient (Wildman–Crippen LogP) is 10.4. The van der Waals surface area contributed by atoms with E-state index in [1.54, 1.807) is 0 Å². The third-order valence-corrected chi connectivity index (χ3v) is 9.18. The summed E-state index contributed by atoms with van der Waals surface area (Å²) < 4.78 is 4.51. The van der Waals surface area contributed by atoms with E-state index in [1.807, 2.05) is 30.3 Å². The lowest BCUT2D eigenvalue weighted by Crippen LogP contribution is -2.05. The van der Waals surface area contributed by atoms with E-state index in [9.17, 15) is 10.5 Å². The Balaban J connectivity index is 1.47. The molecule has 0 aliphatic heterocycles. The molecule has 0 atom stereocenters. The first kappa shape index (κ1) is 25.8. The van der Waals surface area contributed by atoms with Crippen molar-refractivity contribution in [2.24, 2.45) is 0 Å². The summed E-state index contributed by atoms with van der Waals surface area (Å²) in [4.78, 5) is 0. The van der Waals surface area contributed by atoms with Crippen LogP contribution in [-0.2, 0) is 0 Å². The van der Waals surface area contributed by atoms with Crippen molar-refractivity contribution >= 4 is 54.4 Å². The van der Waals surface area contributed by atoms with Crippen LogP contribution in [0.2, 0.25) is 0 Å². The van der Waals surface area contributed by atoms with Crippen LogP contribution in [0, 0.1) is 22.7 Å². The van der Waals surface area contributed by atoms with E-state index >= 15 is 0 Å². The van der Waals surface area contributed by atoms with Crippen molar-refractivity contribution in [1.82, 2.24) is 9.13 Å². The smallest absolute Gasteiger partial charge is 0.101 e. The molecule has 0 aliphatic rings. The first-order chi connectivity index (χ1) is 22.7. The van der Waals surface area contributed by atoms with Crippen molar-refractivity contribution in [3.05, 3.63) is 157 Å². The number of nitrogens with zero attached hydrogens (tertiary/aromatic N) is 4. The summed E-state index contributed by atoms with van der Waals surface area (Å²) >= 11 is 0. The molecule has 0 spiro atoms. The maximum atomic E-state index is 10.2. The van der Waals surface area contributed by atoms with Crippen molar-refractivity contribution in [2.45, 2.75) is 0 Å². The Bertz CT molecular complexity index is 2710. The molecule has 2 heterocycles. The van der Waals surface area contributed by atoms with Crippen LogP contribution in [0.15, 0.2) is 146 Å². The van der Waals surface area contributed by atoms with Gasteiger partial charge >= 0.3 is 0 Å². The molecule has 0 N–H and O–H groups in total. The summed E-state index contributed by atoms with van der Waals surface area (Å²) in [6.07, 6.45) is 0. The van der Waals surface area contributed by atoms with Gasteiger partial charge < -0.3 is 9.13 Å². The number of hydrogen-bond acceptors (Lipinski definition) is 2. The molecule has 0 aliphatic carbocycles. The van der Waals surface area contributed by atoms with Gasteiger partial charge in [-0.3, -0.25) is 0 Å². The summed E-state index contributed by atoms with van der Waals surface area (Å²) in [5, 5.41) is 27.3. The normalized spacial score (nSPS) is 11.4. The minimum atomic E-state index is 0.346. The van der Waals surface area contributed by atoms with E-state index < -0.39 is 0 Å². The molecule has 0 saturated heterocycles. The van der Waals surface area contributed by atoms with Gasteiger partial charge in [0.25, 0.3) is 0 Å². The molecule has 0 amide bonds. The lowest BCUT2D eigenvalue weighted by molar-refractivity contribution is 1.09. The van der Waals surface area contributed by atoms with Gasteiger partial charge in [-0.25, -0.2) is 0 Å². The molecule has 0 bridgehead atoms. The average molecular weight is 585 g/mol. The Labute approximate surface area is 264 Å². The number of rotatable bonds is 3. The molecule has 0 unspecified atom stereocenters. The molecule has 46 heavy (non-hydrogen) atoms. The lowest BCUT2D eigenvalue weighted by Gasteiger charge is -2.18. The highest BCUT2D eigenvalue weighted by Gasteiger charge is 2.22. The molecular weight excluding hydrogens is 560 g/mol. The Hall–Kier alpha value is -6.62. The zero-order valence-electron chi connectivity index (χ0n) is 24.6. The molecule has 2 aromatic heterocycles. The van der Waals surface area contributed by atoms with E-state index in [0.29, 0.717) is 11.1 Å². The van der Waals surface area contributed by atoms with Crippen LogP contribution in [0.4, 0.5) is 0 Å². The second kappa shape index (κ2) is 9.96. The first-order valence-corrected chi connectivity index (χ1v) is 15.2. The lowest BCUT2D eigenvalue weighted by atomic mass is 10.0. The largest absolute Gasteiger partial charge is 0.307 e. The van der Waals surface area contributed by atoms with Crippen LogP contribution in [0.1, 0.15) is 11.1 Å². The molecule has 0 radical (unpaired) electrons. The van der Waals surface area contributed by atoms with Crippen molar-refractivity contribution in [1.29, 1.82) is 10.5 Å². The number of benzene rings is 7. The molecule has 9 aromatic rings. The highest BCUT2D eigenvalue weighted by molar-refractivity contribution is 6.22. The van der Waals surface area contributed by atoms with E-state index in [-0.39, 0.29) is 0 Å². The molecule has 0 saturated carbocycles. The number of fused-ring (bicyclic) bond motifs is 8. The fourth-order valence-corrected chi connectivity index (χ4v) is 7.16. The Kier molecular flexibility index (Phi) is 5.59. The van der Waals surface area contributed by atoms with E-state index in [0.717, 1.165) is 66.1 Å². The van der Waals surface area contributed by atoms with Crippen LogP contribution in [0.3, 0.4) is 0 Å². The molecule has 7 aromatic carbocycles.